The molecule has 1 amide bonds. The van der Waals surface area contributed by atoms with Crippen LogP contribution in [-0.2, 0) is 16.1 Å². The molecule has 0 radical (unpaired) electrons. The summed E-state index contributed by atoms with van der Waals surface area (Å²) in [5.74, 6) is 0.318. The van der Waals surface area contributed by atoms with Crippen LogP contribution in [0.4, 0.5) is 0 Å². The standard InChI is InChI=1S/C22H26Cl2N2O3S/c1-15(27)17-3-5-19(6-4-17)30-14-22(28)25-11-18-13-26(8-9-29-18)12-16-2-7-20(23)21(24)10-16/h2-7,10,15,18,27H,8-9,11-14H2,1H3,(H,25,28)/t15-,18-/m0/s1. The first-order chi connectivity index (χ1) is 14.4. The van der Waals surface area contributed by atoms with Crippen molar-refractivity contribution in [3.63, 3.8) is 0 Å². The molecule has 0 aromatic heterocycles. The maximum absolute atomic E-state index is 12.2. The second-order valence-electron chi connectivity index (χ2n) is 7.31. The Morgan fingerprint density at radius 2 is 2.03 bits per heavy atom. The first kappa shape index (κ1) is 23.4. The van der Waals surface area contributed by atoms with E-state index in [1.165, 1.54) is 11.8 Å². The fraction of sp³-hybridized carbons (Fsp3) is 0.409. The van der Waals surface area contributed by atoms with Gasteiger partial charge in [-0.3, -0.25) is 9.69 Å². The number of ether oxygens (including phenoxy) is 1. The summed E-state index contributed by atoms with van der Waals surface area (Å²) in [4.78, 5) is 15.5. The van der Waals surface area contributed by atoms with Gasteiger partial charge in [0.25, 0.3) is 0 Å². The predicted octanol–water partition coefficient (Wildman–Crippen LogP) is 4.16. The largest absolute Gasteiger partial charge is 0.389 e. The molecule has 2 aromatic rings. The zero-order chi connectivity index (χ0) is 21.5. The van der Waals surface area contributed by atoms with Gasteiger partial charge in [0.1, 0.15) is 0 Å². The van der Waals surface area contributed by atoms with Gasteiger partial charge >= 0.3 is 0 Å². The van der Waals surface area contributed by atoms with Crippen LogP contribution >= 0.6 is 35.0 Å². The lowest BCUT2D eigenvalue weighted by Crippen LogP contribution is -2.47. The van der Waals surface area contributed by atoms with E-state index < -0.39 is 6.10 Å². The number of morpholine rings is 1. The highest BCUT2D eigenvalue weighted by Gasteiger charge is 2.21. The van der Waals surface area contributed by atoms with Crippen molar-refractivity contribution in [3.05, 3.63) is 63.6 Å². The fourth-order valence-corrected chi connectivity index (χ4v) is 4.26. The van der Waals surface area contributed by atoms with Crippen molar-refractivity contribution in [1.82, 2.24) is 10.2 Å². The summed E-state index contributed by atoms with van der Waals surface area (Å²) in [5.41, 5.74) is 1.97. The summed E-state index contributed by atoms with van der Waals surface area (Å²) in [7, 11) is 0. The number of thioether (sulfide) groups is 1. The lowest BCUT2D eigenvalue weighted by molar-refractivity contribution is -0.119. The SMILES string of the molecule is C[C@H](O)c1ccc(SCC(=O)NC[C@H]2CN(Cc3ccc(Cl)c(Cl)c3)CCO2)cc1. The lowest BCUT2D eigenvalue weighted by atomic mass is 10.1. The quantitative estimate of drug-likeness (QED) is 0.569. The van der Waals surface area contributed by atoms with E-state index in [0.29, 0.717) is 28.9 Å². The molecule has 1 fully saturated rings. The van der Waals surface area contributed by atoms with Gasteiger partial charge in [0.15, 0.2) is 0 Å². The average molecular weight is 469 g/mol. The Kier molecular flexibility index (Phi) is 8.86. The number of carbonyl (C=O) groups is 1. The third-order valence-electron chi connectivity index (χ3n) is 4.87. The Bertz CT molecular complexity index is 849. The normalized spacial score (nSPS) is 18.2. The molecule has 1 heterocycles. The number of benzene rings is 2. The van der Waals surface area contributed by atoms with Crippen LogP contribution in [0.25, 0.3) is 0 Å². The van der Waals surface area contributed by atoms with E-state index in [-0.39, 0.29) is 12.0 Å². The molecule has 2 N–H and O–H groups in total. The van der Waals surface area contributed by atoms with Crippen molar-refractivity contribution in [2.24, 2.45) is 0 Å². The van der Waals surface area contributed by atoms with Gasteiger partial charge < -0.3 is 15.2 Å². The molecule has 3 rings (SSSR count). The van der Waals surface area contributed by atoms with Crippen LogP contribution in [0.5, 0.6) is 0 Å². The summed E-state index contributed by atoms with van der Waals surface area (Å²) in [6.07, 6.45) is -0.528. The fourth-order valence-electron chi connectivity index (χ4n) is 3.21. The number of halogens is 2. The summed E-state index contributed by atoms with van der Waals surface area (Å²) in [6.45, 7) is 5.19. The number of nitrogens with zero attached hydrogens (tertiary/aromatic N) is 1. The lowest BCUT2D eigenvalue weighted by Gasteiger charge is -2.33. The summed E-state index contributed by atoms with van der Waals surface area (Å²) >= 11 is 13.6. The number of aliphatic hydroxyl groups is 1. The molecule has 5 nitrogen and oxygen atoms in total. The third-order valence-corrected chi connectivity index (χ3v) is 6.62. The highest BCUT2D eigenvalue weighted by atomic mass is 35.5. The Labute approximate surface area is 191 Å². The molecule has 1 saturated heterocycles. The Morgan fingerprint density at radius 3 is 2.73 bits per heavy atom. The molecule has 1 aliphatic heterocycles. The van der Waals surface area contributed by atoms with Crippen molar-refractivity contribution in [3.8, 4) is 0 Å². The summed E-state index contributed by atoms with van der Waals surface area (Å²) < 4.78 is 5.80. The van der Waals surface area contributed by atoms with E-state index in [9.17, 15) is 9.90 Å². The average Bonchev–Trinajstić information content (AvgIpc) is 2.74. The minimum Gasteiger partial charge on any atom is -0.389 e. The van der Waals surface area contributed by atoms with Crippen molar-refractivity contribution >= 4 is 40.9 Å². The van der Waals surface area contributed by atoms with Gasteiger partial charge in [0, 0.05) is 31.1 Å². The summed E-state index contributed by atoms with van der Waals surface area (Å²) in [5, 5.41) is 13.6. The van der Waals surface area contributed by atoms with Gasteiger partial charge in [-0.25, -0.2) is 0 Å². The van der Waals surface area contributed by atoms with Gasteiger partial charge in [0.05, 0.1) is 34.6 Å². The number of hydrogen-bond donors (Lipinski definition) is 2. The van der Waals surface area contributed by atoms with Crippen molar-refractivity contribution < 1.29 is 14.6 Å². The van der Waals surface area contributed by atoms with Crippen LogP contribution in [0.1, 0.15) is 24.2 Å². The second kappa shape index (κ2) is 11.4. The topological polar surface area (TPSA) is 61.8 Å². The molecule has 0 saturated carbocycles. The number of nitrogens with one attached hydrogen (secondary N) is 1. The zero-order valence-corrected chi connectivity index (χ0v) is 19.1. The highest BCUT2D eigenvalue weighted by Crippen LogP contribution is 2.24. The van der Waals surface area contributed by atoms with Crippen LogP contribution in [0.15, 0.2) is 47.4 Å². The van der Waals surface area contributed by atoms with Gasteiger partial charge in [-0.2, -0.15) is 0 Å². The first-order valence-electron chi connectivity index (χ1n) is 9.86. The van der Waals surface area contributed by atoms with Gasteiger partial charge in [-0.15, -0.1) is 11.8 Å². The molecule has 1 aliphatic rings. The van der Waals surface area contributed by atoms with Gasteiger partial charge in [-0.05, 0) is 42.3 Å². The number of amides is 1. The molecular formula is C22H26Cl2N2O3S. The van der Waals surface area contributed by atoms with Crippen LogP contribution < -0.4 is 5.32 Å². The smallest absolute Gasteiger partial charge is 0.230 e. The first-order valence-corrected chi connectivity index (χ1v) is 11.6. The molecule has 8 heteroatoms. The van der Waals surface area contributed by atoms with Crippen LogP contribution in [0.2, 0.25) is 10.0 Å². The molecule has 30 heavy (non-hydrogen) atoms. The zero-order valence-electron chi connectivity index (χ0n) is 16.8. The van der Waals surface area contributed by atoms with Crippen molar-refractivity contribution in [1.29, 1.82) is 0 Å². The maximum Gasteiger partial charge on any atom is 0.230 e. The molecular weight excluding hydrogens is 443 g/mol. The number of rotatable bonds is 8. The van der Waals surface area contributed by atoms with E-state index in [1.54, 1.807) is 6.92 Å². The highest BCUT2D eigenvalue weighted by molar-refractivity contribution is 8.00. The molecule has 0 unspecified atom stereocenters. The predicted molar refractivity (Wildman–Crippen MR) is 122 cm³/mol. The van der Waals surface area contributed by atoms with Crippen LogP contribution in [0, 0.1) is 0 Å². The van der Waals surface area contributed by atoms with E-state index in [2.05, 4.69) is 10.2 Å². The minimum atomic E-state index is -0.487. The van der Waals surface area contributed by atoms with E-state index in [0.717, 1.165) is 35.7 Å². The second-order valence-corrected chi connectivity index (χ2v) is 9.18. The summed E-state index contributed by atoms with van der Waals surface area (Å²) in [6, 6.07) is 13.3. The number of hydrogen-bond acceptors (Lipinski definition) is 5. The molecule has 0 aliphatic carbocycles. The van der Waals surface area contributed by atoms with E-state index in [4.69, 9.17) is 27.9 Å². The Hall–Kier alpha value is -1.28. The Morgan fingerprint density at radius 1 is 1.27 bits per heavy atom. The van der Waals surface area contributed by atoms with Crippen LogP contribution in [0.3, 0.4) is 0 Å². The molecule has 2 atom stereocenters. The number of aliphatic hydroxyl groups excluding tert-OH is 1. The molecule has 2 aromatic carbocycles. The van der Waals surface area contributed by atoms with Crippen molar-refractivity contribution in [2.75, 3.05) is 32.0 Å². The van der Waals surface area contributed by atoms with Gasteiger partial charge in [-0.1, -0.05) is 41.4 Å². The van der Waals surface area contributed by atoms with Gasteiger partial charge in [0.2, 0.25) is 5.91 Å². The number of carbonyl (C=O) groups excluding carboxylic acids is 1. The molecule has 0 spiro atoms. The van der Waals surface area contributed by atoms with Crippen LogP contribution in [-0.4, -0.2) is 54.0 Å². The Balaban J connectivity index is 1.40. The minimum absolute atomic E-state index is 0.0233. The molecule has 0 bridgehead atoms. The van der Waals surface area contributed by atoms with Crippen molar-refractivity contribution in [2.45, 2.75) is 30.6 Å². The maximum atomic E-state index is 12.2. The monoisotopic (exact) mass is 468 g/mol. The third kappa shape index (κ3) is 7.15. The van der Waals surface area contributed by atoms with E-state index >= 15 is 0 Å². The van der Waals surface area contributed by atoms with E-state index in [1.807, 2.05) is 42.5 Å². The molecule has 162 valence electrons.